The van der Waals surface area contributed by atoms with E-state index in [0.29, 0.717) is 12.6 Å². The molecule has 1 aliphatic rings. The van der Waals surface area contributed by atoms with Crippen molar-refractivity contribution in [1.29, 1.82) is 0 Å². The van der Waals surface area contributed by atoms with Gasteiger partial charge in [-0.15, -0.1) is 11.3 Å². The molecule has 2 nitrogen and oxygen atoms in total. The molecule has 1 aromatic heterocycles. The van der Waals surface area contributed by atoms with E-state index in [1.807, 2.05) is 17.4 Å². The lowest BCUT2D eigenvalue weighted by molar-refractivity contribution is -0.00880. The standard InChI is InChI=1S/C20H19NOS/c1-3-8-16(9-4-1)15-22-18-14-21(17-10-5-2-6-11-17)20(18)19-12-7-13-23-19/h1-13,18,20H,14-15H2. The number of para-hydroxylation sites is 1. The van der Waals surface area contributed by atoms with Crippen LogP contribution in [0.5, 0.6) is 0 Å². The lowest BCUT2D eigenvalue weighted by atomic mass is 9.96. The summed E-state index contributed by atoms with van der Waals surface area (Å²) < 4.78 is 6.22. The van der Waals surface area contributed by atoms with Gasteiger partial charge in [-0.05, 0) is 29.1 Å². The number of thiophene rings is 1. The molecule has 0 radical (unpaired) electrons. The molecule has 0 N–H and O–H groups in total. The zero-order valence-electron chi connectivity index (χ0n) is 12.8. The second-order valence-corrected chi connectivity index (χ2v) is 6.76. The Balaban J connectivity index is 1.50. The van der Waals surface area contributed by atoms with E-state index < -0.39 is 0 Å². The minimum absolute atomic E-state index is 0.245. The highest BCUT2D eigenvalue weighted by atomic mass is 32.1. The molecule has 2 heterocycles. The Hall–Kier alpha value is -2.10. The van der Waals surface area contributed by atoms with Crippen LogP contribution in [0.2, 0.25) is 0 Å². The molecule has 0 amide bonds. The molecule has 116 valence electrons. The Morgan fingerprint density at radius 2 is 1.65 bits per heavy atom. The fourth-order valence-electron chi connectivity index (χ4n) is 3.07. The van der Waals surface area contributed by atoms with Crippen LogP contribution in [0.1, 0.15) is 16.5 Å². The lowest BCUT2D eigenvalue weighted by Crippen LogP contribution is -2.54. The average Bonchev–Trinajstić information content (AvgIpc) is 3.09. The van der Waals surface area contributed by atoms with Crippen LogP contribution in [-0.2, 0) is 11.3 Å². The van der Waals surface area contributed by atoms with Crippen LogP contribution in [0.15, 0.2) is 78.2 Å². The van der Waals surface area contributed by atoms with Gasteiger partial charge in [0.2, 0.25) is 0 Å². The van der Waals surface area contributed by atoms with Crippen molar-refractivity contribution in [2.24, 2.45) is 0 Å². The van der Waals surface area contributed by atoms with Gasteiger partial charge in [-0.25, -0.2) is 0 Å². The monoisotopic (exact) mass is 321 g/mol. The van der Waals surface area contributed by atoms with Gasteiger partial charge in [0, 0.05) is 17.1 Å². The Morgan fingerprint density at radius 3 is 2.35 bits per heavy atom. The first-order chi connectivity index (χ1) is 11.4. The molecule has 3 aromatic rings. The Labute approximate surface area is 141 Å². The van der Waals surface area contributed by atoms with E-state index in [1.165, 1.54) is 16.1 Å². The summed E-state index contributed by atoms with van der Waals surface area (Å²) in [6, 6.07) is 25.7. The number of anilines is 1. The normalized spacial score (nSPS) is 20.3. The van der Waals surface area contributed by atoms with E-state index in [-0.39, 0.29) is 6.10 Å². The largest absolute Gasteiger partial charge is 0.369 e. The zero-order valence-corrected chi connectivity index (χ0v) is 13.7. The first-order valence-electron chi connectivity index (χ1n) is 7.92. The Kier molecular flexibility index (Phi) is 4.14. The van der Waals surface area contributed by atoms with Crippen molar-refractivity contribution in [3.8, 4) is 0 Å². The third-order valence-corrected chi connectivity index (χ3v) is 5.24. The zero-order chi connectivity index (χ0) is 15.5. The number of rotatable bonds is 5. The van der Waals surface area contributed by atoms with Crippen LogP contribution in [0.4, 0.5) is 5.69 Å². The van der Waals surface area contributed by atoms with Gasteiger partial charge < -0.3 is 9.64 Å². The maximum Gasteiger partial charge on any atom is 0.101 e. The average molecular weight is 321 g/mol. The summed E-state index contributed by atoms with van der Waals surface area (Å²) in [4.78, 5) is 3.81. The Bertz CT molecular complexity index is 725. The predicted molar refractivity (Wildman–Crippen MR) is 95.9 cm³/mol. The van der Waals surface area contributed by atoms with Crippen molar-refractivity contribution in [1.82, 2.24) is 0 Å². The number of ether oxygens (including phenoxy) is 1. The summed E-state index contributed by atoms with van der Waals surface area (Å²) in [5.74, 6) is 0. The molecule has 2 atom stereocenters. The summed E-state index contributed by atoms with van der Waals surface area (Å²) in [7, 11) is 0. The molecule has 1 fully saturated rings. The smallest absolute Gasteiger partial charge is 0.101 e. The summed E-state index contributed by atoms with van der Waals surface area (Å²) >= 11 is 1.81. The minimum atomic E-state index is 0.245. The van der Waals surface area contributed by atoms with Gasteiger partial charge in [0.05, 0.1) is 12.6 Å². The van der Waals surface area contributed by atoms with E-state index in [1.54, 1.807) is 0 Å². The van der Waals surface area contributed by atoms with Crippen molar-refractivity contribution < 1.29 is 4.74 Å². The van der Waals surface area contributed by atoms with Gasteiger partial charge >= 0.3 is 0 Å². The van der Waals surface area contributed by atoms with E-state index in [2.05, 4.69) is 77.0 Å². The van der Waals surface area contributed by atoms with E-state index in [0.717, 1.165) is 6.54 Å². The first-order valence-corrected chi connectivity index (χ1v) is 8.80. The fourth-order valence-corrected chi connectivity index (χ4v) is 3.96. The highest BCUT2D eigenvalue weighted by Gasteiger charge is 2.41. The SMILES string of the molecule is c1ccc(COC2CN(c3ccccc3)C2c2cccs2)cc1. The molecule has 2 aromatic carbocycles. The lowest BCUT2D eigenvalue weighted by Gasteiger charge is -2.48. The predicted octanol–water partition coefficient (Wildman–Crippen LogP) is 4.89. The number of nitrogens with zero attached hydrogens (tertiary/aromatic N) is 1. The van der Waals surface area contributed by atoms with Gasteiger partial charge in [-0.1, -0.05) is 54.6 Å². The van der Waals surface area contributed by atoms with Gasteiger partial charge in [-0.3, -0.25) is 0 Å². The molecule has 0 bridgehead atoms. The van der Waals surface area contributed by atoms with Crippen molar-refractivity contribution in [2.75, 3.05) is 11.4 Å². The third-order valence-electron chi connectivity index (χ3n) is 4.29. The van der Waals surface area contributed by atoms with Crippen molar-refractivity contribution >= 4 is 17.0 Å². The molecule has 3 heteroatoms. The number of hydrogen-bond acceptors (Lipinski definition) is 3. The summed E-state index contributed by atoms with van der Waals surface area (Å²) in [5, 5.41) is 2.14. The molecule has 4 rings (SSSR count). The molecular formula is C20H19NOS. The van der Waals surface area contributed by atoms with Gasteiger partial charge in [0.25, 0.3) is 0 Å². The van der Waals surface area contributed by atoms with Crippen LogP contribution < -0.4 is 4.90 Å². The minimum Gasteiger partial charge on any atom is -0.369 e. The summed E-state index contributed by atoms with van der Waals surface area (Å²) in [6.07, 6.45) is 0.245. The van der Waals surface area contributed by atoms with E-state index in [4.69, 9.17) is 4.74 Å². The molecule has 0 saturated carbocycles. The van der Waals surface area contributed by atoms with E-state index in [9.17, 15) is 0 Å². The maximum absolute atomic E-state index is 6.22. The van der Waals surface area contributed by atoms with Crippen LogP contribution in [0.3, 0.4) is 0 Å². The highest BCUT2D eigenvalue weighted by molar-refractivity contribution is 7.10. The molecular weight excluding hydrogens is 302 g/mol. The number of hydrogen-bond donors (Lipinski definition) is 0. The highest BCUT2D eigenvalue weighted by Crippen LogP contribution is 2.41. The molecule has 2 unspecified atom stereocenters. The Morgan fingerprint density at radius 1 is 0.913 bits per heavy atom. The maximum atomic E-state index is 6.22. The topological polar surface area (TPSA) is 12.5 Å². The molecule has 1 saturated heterocycles. The van der Waals surface area contributed by atoms with Crippen molar-refractivity contribution in [3.63, 3.8) is 0 Å². The van der Waals surface area contributed by atoms with Gasteiger partial charge in [0.15, 0.2) is 0 Å². The quantitative estimate of drug-likeness (QED) is 0.663. The van der Waals surface area contributed by atoms with Crippen LogP contribution >= 0.6 is 11.3 Å². The van der Waals surface area contributed by atoms with Crippen LogP contribution in [0.25, 0.3) is 0 Å². The first kappa shape index (κ1) is 14.5. The van der Waals surface area contributed by atoms with Crippen LogP contribution in [0, 0.1) is 0 Å². The summed E-state index contributed by atoms with van der Waals surface area (Å²) in [6.45, 7) is 1.62. The second kappa shape index (κ2) is 6.57. The summed E-state index contributed by atoms with van der Waals surface area (Å²) in [5.41, 5.74) is 2.50. The third kappa shape index (κ3) is 3.03. The molecule has 23 heavy (non-hydrogen) atoms. The van der Waals surface area contributed by atoms with Gasteiger partial charge in [-0.2, -0.15) is 0 Å². The molecule has 1 aliphatic heterocycles. The van der Waals surface area contributed by atoms with Gasteiger partial charge in [0.1, 0.15) is 6.10 Å². The van der Waals surface area contributed by atoms with Crippen molar-refractivity contribution in [2.45, 2.75) is 18.8 Å². The second-order valence-electron chi connectivity index (χ2n) is 5.78. The molecule has 0 spiro atoms. The van der Waals surface area contributed by atoms with E-state index >= 15 is 0 Å². The van der Waals surface area contributed by atoms with Crippen molar-refractivity contribution in [3.05, 3.63) is 88.6 Å². The molecule has 0 aliphatic carbocycles. The number of benzene rings is 2. The fraction of sp³-hybridized carbons (Fsp3) is 0.200. The van der Waals surface area contributed by atoms with Crippen LogP contribution in [-0.4, -0.2) is 12.6 Å².